The Bertz CT molecular complexity index is 872. The SMILES string of the molecule is CCN1CCN(c2ncnc(NNC(=O)c3ccccc3Cl)c2[N+](=O)[O-])CC1. The Morgan fingerprint density at radius 2 is 1.96 bits per heavy atom. The summed E-state index contributed by atoms with van der Waals surface area (Å²) in [5.41, 5.74) is 4.89. The van der Waals surface area contributed by atoms with Crippen molar-refractivity contribution in [1.29, 1.82) is 0 Å². The summed E-state index contributed by atoms with van der Waals surface area (Å²) in [5.74, 6) is -0.393. The Balaban J connectivity index is 1.79. The van der Waals surface area contributed by atoms with Crippen LogP contribution in [0.15, 0.2) is 30.6 Å². The number of hydrogen-bond donors (Lipinski definition) is 2. The molecule has 0 bridgehead atoms. The summed E-state index contributed by atoms with van der Waals surface area (Å²) < 4.78 is 0. The fourth-order valence-corrected chi connectivity index (χ4v) is 3.19. The van der Waals surface area contributed by atoms with E-state index in [1.165, 1.54) is 6.33 Å². The van der Waals surface area contributed by atoms with Crippen LogP contribution in [0.4, 0.5) is 17.3 Å². The van der Waals surface area contributed by atoms with Crippen LogP contribution in [-0.4, -0.2) is 58.4 Å². The smallest absolute Gasteiger partial charge is 0.348 e. The van der Waals surface area contributed by atoms with Crippen molar-refractivity contribution in [2.45, 2.75) is 6.92 Å². The molecule has 3 rings (SSSR count). The number of nitrogens with zero attached hydrogens (tertiary/aromatic N) is 5. The number of piperazine rings is 1. The molecule has 148 valence electrons. The molecule has 0 spiro atoms. The lowest BCUT2D eigenvalue weighted by molar-refractivity contribution is -0.383. The Morgan fingerprint density at radius 1 is 1.25 bits per heavy atom. The summed E-state index contributed by atoms with van der Waals surface area (Å²) >= 11 is 6.00. The van der Waals surface area contributed by atoms with Gasteiger partial charge in [-0.1, -0.05) is 30.7 Å². The van der Waals surface area contributed by atoms with Gasteiger partial charge in [-0.15, -0.1) is 0 Å². The maximum Gasteiger partial charge on any atom is 0.355 e. The maximum absolute atomic E-state index is 12.3. The number of benzene rings is 1. The van der Waals surface area contributed by atoms with Crippen LogP contribution in [-0.2, 0) is 0 Å². The van der Waals surface area contributed by atoms with Crippen molar-refractivity contribution >= 4 is 34.8 Å². The van der Waals surface area contributed by atoms with Crippen molar-refractivity contribution in [3.8, 4) is 0 Å². The molecule has 11 heteroatoms. The summed E-state index contributed by atoms with van der Waals surface area (Å²) in [6.07, 6.45) is 1.23. The normalized spacial score (nSPS) is 14.6. The van der Waals surface area contributed by atoms with E-state index in [2.05, 4.69) is 32.6 Å². The number of likely N-dealkylation sites (N-methyl/N-ethyl adjacent to an activating group) is 1. The fraction of sp³-hybridized carbons (Fsp3) is 0.353. The predicted molar refractivity (Wildman–Crippen MR) is 106 cm³/mol. The van der Waals surface area contributed by atoms with Crippen LogP contribution in [0.5, 0.6) is 0 Å². The lowest BCUT2D eigenvalue weighted by atomic mass is 10.2. The molecule has 0 atom stereocenters. The van der Waals surface area contributed by atoms with Gasteiger partial charge < -0.3 is 9.80 Å². The van der Waals surface area contributed by atoms with Crippen LogP contribution in [0.2, 0.25) is 5.02 Å². The molecule has 0 radical (unpaired) electrons. The zero-order chi connectivity index (χ0) is 20.1. The first-order valence-electron chi connectivity index (χ1n) is 8.78. The Hall–Kier alpha value is -2.98. The Kier molecular flexibility index (Phi) is 6.22. The molecule has 28 heavy (non-hydrogen) atoms. The standard InChI is InChI=1S/C17H20ClN7O3/c1-2-23-7-9-24(10-8-23)16-14(25(27)28)15(19-11-20-16)21-22-17(26)12-5-3-4-6-13(12)18/h3-6,11H,2,7-10H2,1H3,(H,22,26)(H,19,20,21). The van der Waals surface area contributed by atoms with Gasteiger partial charge >= 0.3 is 5.69 Å². The van der Waals surface area contributed by atoms with Gasteiger partial charge in [-0.05, 0) is 18.7 Å². The van der Waals surface area contributed by atoms with Crippen LogP contribution < -0.4 is 15.8 Å². The summed E-state index contributed by atoms with van der Waals surface area (Å²) in [6.45, 7) is 5.84. The number of halogens is 1. The van der Waals surface area contributed by atoms with Gasteiger partial charge in [0.15, 0.2) is 0 Å². The molecule has 0 aliphatic carbocycles. The first-order valence-corrected chi connectivity index (χ1v) is 9.16. The zero-order valence-corrected chi connectivity index (χ0v) is 16.0. The summed E-state index contributed by atoms with van der Waals surface area (Å²) in [6, 6.07) is 6.50. The fourth-order valence-electron chi connectivity index (χ4n) is 2.97. The molecule has 0 saturated carbocycles. The van der Waals surface area contributed by atoms with Crippen molar-refractivity contribution in [3.63, 3.8) is 0 Å². The highest BCUT2D eigenvalue weighted by Gasteiger charge is 2.29. The third-order valence-electron chi connectivity index (χ3n) is 4.52. The van der Waals surface area contributed by atoms with E-state index in [4.69, 9.17) is 11.6 Å². The Labute approximate surface area is 166 Å². The minimum absolute atomic E-state index is 0.0895. The van der Waals surface area contributed by atoms with Crippen molar-refractivity contribution in [2.75, 3.05) is 43.0 Å². The lowest BCUT2D eigenvalue weighted by Crippen LogP contribution is -2.46. The van der Waals surface area contributed by atoms with Crippen molar-refractivity contribution in [2.24, 2.45) is 0 Å². The number of amides is 1. The number of hydrazine groups is 1. The van der Waals surface area contributed by atoms with E-state index in [-0.39, 0.29) is 27.9 Å². The molecule has 1 amide bonds. The lowest BCUT2D eigenvalue weighted by Gasteiger charge is -2.34. The number of carbonyl (C=O) groups excluding carboxylic acids is 1. The number of anilines is 2. The van der Waals surface area contributed by atoms with Crippen LogP contribution in [0.1, 0.15) is 17.3 Å². The van der Waals surface area contributed by atoms with Gasteiger partial charge in [0, 0.05) is 26.2 Å². The van der Waals surface area contributed by atoms with E-state index in [0.29, 0.717) is 13.1 Å². The first kappa shape index (κ1) is 19.8. The van der Waals surface area contributed by atoms with Crippen LogP contribution in [0.3, 0.4) is 0 Å². The quantitative estimate of drug-likeness (QED) is 0.553. The van der Waals surface area contributed by atoms with Crippen LogP contribution >= 0.6 is 11.6 Å². The van der Waals surface area contributed by atoms with Gasteiger partial charge in [-0.2, -0.15) is 0 Å². The van der Waals surface area contributed by atoms with E-state index >= 15 is 0 Å². The minimum Gasteiger partial charge on any atom is -0.348 e. The topological polar surface area (TPSA) is 117 Å². The molecule has 1 saturated heterocycles. The Morgan fingerprint density at radius 3 is 2.61 bits per heavy atom. The number of nitro groups is 1. The highest BCUT2D eigenvalue weighted by molar-refractivity contribution is 6.33. The number of nitrogens with one attached hydrogen (secondary N) is 2. The zero-order valence-electron chi connectivity index (χ0n) is 15.3. The molecule has 1 aliphatic heterocycles. The van der Waals surface area contributed by atoms with Crippen molar-refractivity contribution < 1.29 is 9.72 Å². The molecule has 1 aromatic heterocycles. The highest BCUT2D eigenvalue weighted by Crippen LogP contribution is 2.32. The molecular weight excluding hydrogens is 386 g/mol. The number of rotatable bonds is 6. The number of carbonyl (C=O) groups is 1. The third-order valence-corrected chi connectivity index (χ3v) is 4.85. The molecule has 1 aliphatic rings. The summed E-state index contributed by atoms with van der Waals surface area (Å²) in [7, 11) is 0. The predicted octanol–water partition coefficient (Wildman–Crippen LogP) is 1.94. The molecule has 2 aromatic rings. The van der Waals surface area contributed by atoms with Gasteiger partial charge in [-0.3, -0.25) is 25.8 Å². The largest absolute Gasteiger partial charge is 0.355 e. The van der Waals surface area contributed by atoms with E-state index in [1.54, 1.807) is 24.3 Å². The van der Waals surface area contributed by atoms with Crippen molar-refractivity contribution in [3.05, 3.63) is 51.3 Å². The number of hydrogen-bond acceptors (Lipinski definition) is 8. The third kappa shape index (κ3) is 4.29. The summed E-state index contributed by atoms with van der Waals surface area (Å²) in [4.78, 5) is 35.6. The summed E-state index contributed by atoms with van der Waals surface area (Å²) in [5, 5.41) is 12.0. The second-order valence-electron chi connectivity index (χ2n) is 6.13. The number of aromatic nitrogens is 2. The van der Waals surface area contributed by atoms with Gasteiger partial charge in [0.1, 0.15) is 6.33 Å². The van der Waals surface area contributed by atoms with Gasteiger partial charge in [0.25, 0.3) is 5.91 Å². The second-order valence-corrected chi connectivity index (χ2v) is 6.54. The van der Waals surface area contributed by atoms with E-state index in [9.17, 15) is 14.9 Å². The maximum atomic E-state index is 12.3. The monoisotopic (exact) mass is 405 g/mol. The molecule has 2 N–H and O–H groups in total. The second kappa shape index (κ2) is 8.81. The van der Waals surface area contributed by atoms with Gasteiger partial charge in [0.05, 0.1) is 15.5 Å². The molecule has 0 unspecified atom stereocenters. The molecule has 1 aromatic carbocycles. The first-order chi connectivity index (χ1) is 13.5. The van der Waals surface area contributed by atoms with Gasteiger partial charge in [-0.25, -0.2) is 9.97 Å². The minimum atomic E-state index is -0.550. The van der Waals surface area contributed by atoms with Crippen LogP contribution in [0, 0.1) is 10.1 Å². The molecular formula is C17H20ClN7O3. The van der Waals surface area contributed by atoms with E-state index in [0.717, 1.165) is 19.6 Å². The van der Waals surface area contributed by atoms with Crippen LogP contribution in [0.25, 0.3) is 0 Å². The van der Waals surface area contributed by atoms with E-state index in [1.807, 2.05) is 4.90 Å². The van der Waals surface area contributed by atoms with Gasteiger partial charge in [0.2, 0.25) is 11.6 Å². The molecule has 1 fully saturated rings. The van der Waals surface area contributed by atoms with E-state index < -0.39 is 10.8 Å². The molecule has 10 nitrogen and oxygen atoms in total. The molecule has 2 heterocycles. The van der Waals surface area contributed by atoms with Crippen molar-refractivity contribution in [1.82, 2.24) is 20.3 Å². The average Bonchev–Trinajstić information content (AvgIpc) is 2.72. The highest BCUT2D eigenvalue weighted by atomic mass is 35.5. The average molecular weight is 406 g/mol.